The molecule has 0 aromatic rings. The number of carbonyl (C=O) groups is 1. The summed E-state index contributed by atoms with van der Waals surface area (Å²) in [5.41, 5.74) is 0. The second-order valence-electron chi connectivity index (χ2n) is 6.20. The van der Waals surface area contributed by atoms with Crippen LogP contribution in [0.15, 0.2) is 0 Å². The van der Waals surface area contributed by atoms with E-state index in [9.17, 15) is 4.79 Å². The highest BCUT2D eigenvalue weighted by atomic mass is 16.1. The highest BCUT2D eigenvalue weighted by Crippen LogP contribution is 2.50. The van der Waals surface area contributed by atoms with Crippen molar-refractivity contribution in [2.45, 2.75) is 51.9 Å². The molecule has 5 unspecified atom stereocenters. The number of Topliss-reactive ketones (excluding diaryl/α,β-unsaturated/α-hetero) is 1. The van der Waals surface area contributed by atoms with E-state index in [1.54, 1.807) is 0 Å². The van der Waals surface area contributed by atoms with Gasteiger partial charge >= 0.3 is 0 Å². The fourth-order valence-electron chi connectivity index (χ4n) is 4.44. The summed E-state index contributed by atoms with van der Waals surface area (Å²) in [6, 6.07) is 0. The molecule has 0 aromatic carbocycles. The molecule has 0 spiro atoms. The monoisotopic (exact) mass is 206 g/mol. The van der Waals surface area contributed by atoms with E-state index in [0.29, 0.717) is 23.5 Å². The van der Waals surface area contributed by atoms with E-state index >= 15 is 0 Å². The van der Waals surface area contributed by atoms with Gasteiger partial charge in [0.2, 0.25) is 0 Å². The minimum Gasteiger partial charge on any atom is -0.299 e. The van der Waals surface area contributed by atoms with Crippen LogP contribution < -0.4 is 0 Å². The Labute approximate surface area is 92.6 Å². The SMILES string of the molecule is CC1CCCC1C(=O)C1CC2CCC1C2. The van der Waals surface area contributed by atoms with Crippen molar-refractivity contribution in [3.05, 3.63) is 0 Å². The van der Waals surface area contributed by atoms with Gasteiger partial charge < -0.3 is 0 Å². The zero-order valence-electron chi connectivity index (χ0n) is 9.74. The summed E-state index contributed by atoms with van der Waals surface area (Å²) in [5.74, 6) is 3.96. The molecule has 0 aliphatic heterocycles. The maximum absolute atomic E-state index is 12.4. The first-order chi connectivity index (χ1) is 7.25. The lowest BCUT2D eigenvalue weighted by Crippen LogP contribution is -2.29. The number of rotatable bonds is 2. The van der Waals surface area contributed by atoms with E-state index in [0.717, 1.165) is 11.8 Å². The molecule has 0 aromatic heterocycles. The molecule has 3 saturated carbocycles. The largest absolute Gasteiger partial charge is 0.299 e. The summed E-state index contributed by atoms with van der Waals surface area (Å²) in [6.45, 7) is 2.28. The first-order valence-corrected chi connectivity index (χ1v) is 6.79. The normalized spacial score (nSPS) is 48.7. The first kappa shape index (κ1) is 9.86. The van der Waals surface area contributed by atoms with E-state index in [1.807, 2.05) is 0 Å². The van der Waals surface area contributed by atoms with E-state index in [1.165, 1.54) is 44.9 Å². The van der Waals surface area contributed by atoms with Crippen molar-refractivity contribution in [3.63, 3.8) is 0 Å². The van der Waals surface area contributed by atoms with E-state index < -0.39 is 0 Å². The minimum atomic E-state index is 0.439. The molecule has 84 valence electrons. The third-order valence-corrected chi connectivity index (χ3v) is 5.33. The van der Waals surface area contributed by atoms with Crippen molar-refractivity contribution in [1.82, 2.24) is 0 Å². The predicted octanol–water partition coefficient (Wildman–Crippen LogP) is 3.43. The van der Waals surface area contributed by atoms with Crippen LogP contribution in [-0.4, -0.2) is 5.78 Å². The van der Waals surface area contributed by atoms with Crippen LogP contribution in [0.2, 0.25) is 0 Å². The topological polar surface area (TPSA) is 17.1 Å². The fourth-order valence-corrected chi connectivity index (χ4v) is 4.44. The van der Waals surface area contributed by atoms with Crippen LogP contribution in [0.25, 0.3) is 0 Å². The molecule has 2 bridgehead atoms. The molecule has 3 aliphatic carbocycles. The van der Waals surface area contributed by atoms with Crippen molar-refractivity contribution < 1.29 is 4.79 Å². The summed E-state index contributed by atoms with van der Waals surface area (Å²) in [5, 5.41) is 0. The zero-order valence-corrected chi connectivity index (χ0v) is 9.74. The Hall–Kier alpha value is -0.330. The van der Waals surface area contributed by atoms with Gasteiger partial charge in [0.05, 0.1) is 0 Å². The number of hydrogen-bond acceptors (Lipinski definition) is 1. The van der Waals surface area contributed by atoms with E-state index in [-0.39, 0.29) is 0 Å². The Bertz CT molecular complexity index is 271. The van der Waals surface area contributed by atoms with Crippen LogP contribution >= 0.6 is 0 Å². The average Bonchev–Trinajstić information content (AvgIpc) is 2.91. The molecule has 0 N–H and O–H groups in total. The quantitative estimate of drug-likeness (QED) is 0.676. The van der Waals surface area contributed by atoms with Gasteiger partial charge in [0.1, 0.15) is 5.78 Å². The lowest BCUT2D eigenvalue weighted by molar-refractivity contribution is -0.129. The molecule has 1 nitrogen and oxygen atoms in total. The van der Waals surface area contributed by atoms with Gasteiger partial charge in [0.25, 0.3) is 0 Å². The number of fused-ring (bicyclic) bond motifs is 2. The van der Waals surface area contributed by atoms with Crippen LogP contribution in [-0.2, 0) is 4.79 Å². The van der Waals surface area contributed by atoms with Crippen LogP contribution in [0.3, 0.4) is 0 Å². The van der Waals surface area contributed by atoms with Gasteiger partial charge in [-0.05, 0) is 49.9 Å². The van der Waals surface area contributed by atoms with Crippen molar-refractivity contribution in [3.8, 4) is 0 Å². The minimum absolute atomic E-state index is 0.439. The summed E-state index contributed by atoms with van der Waals surface area (Å²) >= 11 is 0. The Morgan fingerprint density at radius 3 is 2.40 bits per heavy atom. The fraction of sp³-hybridized carbons (Fsp3) is 0.929. The molecule has 0 amide bonds. The summed E-state index contributed by atoms with van der Waals surface area (Å²) in [7, 11) is 0. The second kappa shape index (κ2) is 3.61. The van der Waals surface area contributed by atoms with Gasteiger partial charge in [0.15, 0.2) is 0 Å². The summed E-state index contributed by atoms with van der Waals surface area (Å²) < 4.78 is 0. The van der Waals surface area contributed by atoms with Gasteiger partial charge in [-0.3, -0.25) is 4.79 Å². The Morgan fingerprint density at radius 2 is 1.87 bits per heavy atom. The molecule has 5 atom stereocenters. The molecule has 0 heterocycles. The number of carbonyl (C=O) groups excluding carboxylic acids is 1. The first-order valence-electron chi connectivity index (χ1n) is 6.79. The van der Waals surface area contributed by atoms with Crippen LogP contribution in [0, 0.1) is 29.6 Å². The molecule has 1 heteroatoms. The lowest BCUT2D eigenvalue weighted by atomic mass is 9.78. The third kappa shape index (κ3) is 1.55. The Balaban J connectivity index is 1.69. The van der Waals surface area contributed by atoms with Gasteiger partial charge in [-0.1, -0.05) is 19.8 Å². The van der Waals surface area contributed by atoms with Crippen molar-refractivity contribution in [2.24, 2.45) is 29.6 Å². The van der Waals surface area contributed by atoms with Gasteiger partial charge in [-0.15, -0.1) is 0 Å². The highest BCUT2D eigenvalue weighted by molar-refractivity contribution is 5.84. The van der Waals surface area contributed by atoms with Gasteiger partial charge in [-0.25, -0.2) is 0 Å². The maximum atomic E-state index is 12.4. The molecule has 3 aliphatic rings. The number of hydrogen-bond donors (Lipinski definition) is 0. The molecule has 3 rings (SSSR count). The van der Waals surface area contributed by atoms with Crippen molar-refractivity contribution in [2.75, 3.05) is 0 Å². The average molecular weight is 206 g/mol. The second-order valence-corrected chi connectivity index (χ2v) is 6.20. The lowest BCUT2D eigenvalue weighted by Gasteiger charge is -2.25. The van der Waals surface area contributed by atoms with E-state index in [2.05, 4.69) is 6.92 Å². The predicted molar refractivity (Wildman–Crippen MR) is 60.5 cm³/mol. The molecule has 0 saturated heterocycles. The van der Waals surface area contributed by atoms with Crippen LogP contribution in [0.1, 0.15) is 51.9 Å². The Morgan fingerprint density at radius 1 is 1.00 bits per heavy atom. The maximum Gasteiger partial charge on any atom is 0.139 e. The molecular formula is C14H22O. The van der Waals surface area contributed by atoms with Crippen molar-refractivity contribution in [1.29, 1.82) is 0 Å². The molecular weight excluding hydrogens is 184 g/mol. The highest BCUT2D eigenvalue weighted by Gasteiger charge is 2.45. The molecule has 3 fully saturated rings. The van der Waals surface area contributed by atoms with Crippen LogP contribution in [0.5, 0.6) is 0 Å². The van der Waals surface area contributed by atoms with Gasteiger partial charge in [-0.2, -0.15) is 0 Å². The standard InChI is InChI=1S/C14H22O/c1-9-3-2-4-12(9)14(15)13-8-10-5-6-11(13)7-10/h9-13H,2-8H2,1H3. The van der Waals surface area contributed by atoms with Gasteiger partial charge in [0, 0.05) is 11.8 Å². The van der Waals surface area contributed by atoms with E-state index in [4.69, 9.17) is 0 Å². The molecule has 0 radical (unpaired) electrons. The summed E-state index contributed by atoms with van der Waals surface area (Å²) in [4.78, 5) is 12.4. The summed E-state index contributed by atoms with van der Waals surface area (Å²) in [6.07, 6.45) is 9.14. The zero-order chi connectivity index (χ0) is 10.4. The smallest absolute Gasteiger partial charge is 0.139 e. The van der Waals surface area contributed by atoms with Crippen LogP contribution in [0.4, 0.5) is 0 Å². The number of ketones is 1. The third-order valence-electron chi connectivity index (χ3n) is 5.33. The Kier molecular flexibility index (Phi) is 2.37. The molecule has 15 heavy (non-hydrogen) atoms. The van der Waals surface area contributed by atoms with Crippen molar-refractivity contribution >= 4 is 5.78 Å².